The Morgan fingerprint density at radius 2 is 1.43 bits per heavy atom. The molecule has 4 rings (SSSR count). The lowest BCUT2D eigenvalue weighted by Crippen LogP contribution is -2.48. The van der Waals surface area contributed by atoms with Gasteiger partial charge in [0, 0.05) is 12.1 Å². The largest absolute Gasteiger partial charge is 0.324 e. The lowest BCUT2D eigenvalue weighted by molar-refractivity contribution is -0.119. The summed E-state index contributed by atoms with van der Waals surface area (Å²) in [5.41, 5.74) is 2.37. The fourth-order valence-electron chi connectivity index (χ4n) is 3.48. The van der Waals surface area contributed by atoms with Crippen LogP contribution in [0.4, 0.5) is 5.69 Å². The summed E-state index contributed by atoms with van der Waals surface area (Å²) in [4.78, 5) is 40.2. The number of benzene rings is 3. The number of nitriles is 1. The van der Waals surface area contributed by atoms with Crippen LogP contribution in [0, 0.1) is 11.3 Å². The first-order valence-electron chi connectivity index (χ1n) is 9.40. The number of carbonyl (C=O) groups is 3. The minimum absolute atomic E-state index is 0.189. The zero-order valence-corrected chi connectivity index (χ0v) is 15.9. The number of nitrogens with zero attached hydrogens (tertiary/aromatic N) is 2. The molecule has 0 aromatic heterocycles. The molecule has 1 aliphatic heterocycles. The molecule has 1 heterocycles. The third-order valence-corrected chi connectivity index (χ3v) is 4.99. The SMILES string of the molecule is N#Cc1ccc(NC(=O)C(Cc2ccccc2)N2C(=O)c3ccccc3C2=O)cc1. The van der Waals surface area contributed by atoms with E-state index >= 15 is 0 Å². The van der Waals surface area contributed by atoms with Gasteiger partial charge in [0.05, 0.1) is 22.8 Å². The van der Waals surface area contributed by atoms with E-state index in [0.717, 1.165) is 10.5 Å². The highest BCUT2D eigenvalue weighted by atomic mass is 16.2. The summed E-state index contributed by atoms with van der Waals surface area (Å²) in [5.74, 6) is -1.43. The zero-order valence-electron chi connectivity index (χ0n) is 15.9. The fraction of sp³-hybridized carbons (Fsp3) is 0.0833. The number of hydrogen-bond acceptors (Lipinski definition) is 4. The molecule has 0 bridgehead atoms. The van der Waals surface area contributed by atoms with E-state index in [1.807, 2.05) is 36.4 Å². The first kappa shape index (κ1) is 19.1. The van der Waals surface area contributed by atoms with Crippen LogP contribution in [0.2, 0.25) is 0 Å². The fourth-order valence-corrected chi connectivity index (χ4v) is 3.48. The van der Waals surface area contributed by atoms with Crippen LogP contribution in [0.3, 0.4) is 0 Å². The normalized spacial score (nSPS) is 13.5. The van der Waals surface area contributed by atoms with Crippen LogP contribution in [0.15, 0.2) is 78.9 Å². The van der Waals surface area contributed by atoms with Crippen molar-refractivity contribution in [2.24, 2.45) is 0 Å². The molecule has 0 aliphatic carbocycles. The van der Waals surface area contributed by atoms with Crippen LogP contribution in [0.25, 0.3) is 0 Å². The molecule has 30 heavy (non-hydrogen) atoms. The van der Waals surface area contributed by atoms with Crippen molar-refractivity contribution in [3.05, 3.63) is 101 Å². The first-order valence-corrected chi connectivity index (χ1v) is 9.40. The Kier molecular flexibility index (Phi) is 5.10. The van der Waals surface area contributed by atoms with Crippen LogP contribution in [-0.2, 0) is 11.2 Å². The van der Waals surface area contributed by atoms with Gasteiger partial charge in [0.1, 0.15) is 6.04 Å². The third-order valence-electron chi connectivity index (χ3n) is 4.99. The molecule has 0 saturated heterocycles. The summed E-state index contributed by atoms with van der Waals surface area (Å²) < 4.78 is 0. The van der Waals surface area contributed by atoms with E-state index in [1.165, 1.54) is 0 Å². The third kappa shape index (κ3) is 3.56. The lowest BCUT2D eigenvalue weighted by atomic mass is 10.0. The van der Waals surface area contributed by atoms with Crippen molar-refractivity contribution < 1.29 is 14.4 Å². The van der Waals surface area contributed by atoms with E-state index in [1.54, 1.807) is 48.5 Å². The molecule has 0 fully saturated rings. The maximum Gasteiger partial charge on any atom is 0.262 e. The smallest absolute Gasteiger partial charge is 0.262 e. The maximum absolute atomic E-state index is 13.2. The quantitative estimate of drug-likeness (QED) is 0.671. The second-order valence-electron chi connectivity index (χ2n) is 6.91. The number of rotatable bonds is 5. The molecule has 0 spiro atoms. The number of hydrogen-bond donors (Lipinski definition) is 1. The Hall–Kier alpha value is -4.24. The molecule has 1 aliphatic rings. The van der Waals surface area contributed by atoms with Gasteiger partial charge in [-0.15, -0.1) is 0 Å². The van der Waals surface area contributed by atoms with Crippen LogP contribution in [0.5, 0.6) is 0 Å². The number of imide groups is 1. The van der Waals surface area contributed by atoms with Gasteiger partial charge < -0.3 is 5.32 Å². The molecule has 1 unspecified atom stereocenters. The minimum atomic E-state index is -1.02. The molecule has 3 aromatic carbocycles. The topological polar surface area (TPSA) is 90.3 Å². The van der Waals surface area contributed by atoms with Crippen LogP contribution in [-0.4, -0.2) is 28.7 Å². The summed E-state index contributed by atoms with van der Waals surface area (Å²) in [6.45, 7) is 0. The average Bonchev–Trinajstić information content (AvgIpc) is 3.03. The molecular weight excluding hydrogens is 378 g/mol. The molecule has 3 amide bonds. The van der Waals surface area contributed by atoms with Gasteiger partial charge in [-0.3, -0.25) is 19.3 Å². The van der Waals surface area contributed by atoms with Crippen molar-refractivity contribution in [1.82, 2.24) is 4.90 Å². The van der Waals surface area contributed by atoms with Crippen LogP contribution in [0.1, 0.15) is 31.8 Å². The van der Waals surface area contributed by atoms with Crippen molar-refractivity contribution in [1.29, 1.82) is 5.26 Å². The Bertz CT molecular complexity index is 1130. The van der Waals surface area contributed by atoms with Gasteiger partial charge in [0.2, 0.25) is 5.91 Å². The van der Waals surface area contributed by atoms with Gasteiger partial charge in [0.25, 0.3) is 11.8 Å². The molecule has 6 heteroatoms. The molecule has 6 nitrogen and oxygen atoms in total. The number of fused-ring (bicyclic) bond motifs is 1. The average molecular weight is 395 g/mol. The lowest BCUT2D eigenvalue weighted by Gasteiger charge is -2.25. The molecule has 1 atom stereocenters. The summed E-state index contributed by atoms with van der Waals surface area (Å²) >= 11 is 0. The van der Waals surface area contributed by atoms with E-state index in [4.69, 9.17) is 5.26 Å². The number of nitrogens with one attached hydrogen (secondary N) is 1. The van der Waals surface area contributed by atoms with E-state index in [2.05, 4.69) is 5.32 Å². The van der Waals surface area contributed by atoms with Crippen molar-refractivity contribution in [3.63, 3.8) is 0 Å². The first-order chi connectivity index (χ1) is 14.6. The Labute approximate surface area is 173 Å². The van der Waals surface area contributed by atoms with Gasteiger partial charge in [-0.05, 0) is 42.0 Å². The van der Waals surface area contributed by atoms with E-state index in [-0.39, 0.29) is 6.42 Å². The second kappa shape index (κ2) is 8.02. The molecule has 146 valence electrons. The number of amides is 3. The molecule has 0 saturated carbocycles. The van der Waals surface area contributed by atoms with Gasteiger partial charge >= 0.3 is 0 Å². The summed E-state index contributed by atoms with van der Waals surface area (Å²) in [5, 5.41) is 11.7. The summed E-state index contributed by atoms with van der Waals surface area (Å²) in [7, 11) is 0. The van der Waals surface area contributed by atoms with E-state index in [0.29, 0.717) is 22.4 Å². The predicted octanol–water partition coefficient (Wildman–Crippen LogP) is 3.40. The molecule has 1 N–H and O–H groups in total. The zero-order chi connectivity index (χ0) is 21.1. The van der Waals surface area contributed by atoms with E-state index < -0.39 is 23.8 Å². The highest BCUT2D eigenvalue weighted by molar-refractivity contribution is 6.23. The van der Waals surface area contributed by atoms with Crippen molar-refractivity contribution >= 4 is 23.4 Å². The Balaban J connectivity index is 1.66. The minimum Gasteiger partial charge on any atom is -0.324 e. The molecule has 3 aromatic rings. The molecule has 0 radical (unpaired) electrons. The highest BCUT2D eigenvalue weighted by Gasteiger charge is 2.42. The van der Waals surface area contributed by atoms with Gasteiger partial charge in [-0.1, -0.05) is 42.5 Å². The standard InChI is InChI=1S/C24H17N3O3/c25-15-17-10-12-18(13-11-17)26-22(28)21(14-16-6-2-1-3-7-16)27-23(29)19-8-4-5-9-20(19)24(27)30/h1-13,21H,14H2,(H,26,28). The summed E-state index contributed by atoms with van der Waals surface area (Å²) in [6.07, 6.45) is 0.189. The van der Waals surface area contributed by atoms with Gasteiger partial charge in [-0.25, -0.2) is 0 Å². The number of anilines is 1. The second-order valence-corrected chi connectivity index (χ2v) is 6.91. The van der Waals surface area contributed by atoms with Gasteiger partial charge in [0.15, 0.2) is 0 Å². The van der Waals surface area contributed by atoms with E-state index in [9.17, 15) is 14.4 Å². The Morgan fingerprint density at radius 3 is 2.00 bits per heavy atom. The highest BCUT2D eigenvalue weighted by Crippen LogP contribution is 2.26. The van der Waals surface area contributed by atoms with Crippen molar-refractivity contribution in [2.45, 2.75) is 12.5 Å². The van der Waals surface area contributed by atoms with Crippen LogP contribution < -0.4 is 5.32 Å². The summed E-state index contributed by atoms with van der Waals surface area (Å²) in [6, 6.07) is 23.2. The van der Waals surface area contributed by atoms with Gasteiger partial charge in [-0.2, -0.15) is 5.26 Å². The van der Waals surface area contributed by atoms with Crippen molar-refractivity contribution in [3.8, 4) is 6.07 Å². The predicted molar refractivity (Wildman–Crippen MR) is 111 cm³/mol. The maximum atomic E-state index is 13.2. The molecular formula is C24H17N3O3. The van der Waals surface area contributed by atoms with Crippen LogP contribution >= 0.6 is 0 Å². The monoisotopic (exact) mass is 395 g/mol. The number of carbonyl (C=O) groups excluding carboxylic acids is 3. The Morgan fingerprint density at radius 1 is 0.867 bits per heavy atom. The van der Waals surface area contributed by atoms with Crippen molar-refractivity contribution in [2.75, 3.05) is 5.32 Å².